The summed E-state index contributed by atoms with van der Waals surface area (Å²) in [6, 6.07) is 19.6. The van der Waals surface area contributed by atoms with Gasteiger partial charge in [-0.1, -0.05) is 43.3 Å². The number of amides is 1. The van der Waals surface area contributed by atoms with Gasteiger partial charge >= 0.3 is 0 Å². The lowest BCUT2D eigenvalue weighted by Gasteiger charge is -2.40. The lowest BCUT2D eigenvalue weighted by Crippen LogP contribution is -2.43. The van der Waals surface area contributed by atoms with Gasteiger partial charge in [-0.25, -0.2) is 0 Å². The molecule has 0 saturated carbocycles. The third kappa shape index (κ3) is 4.65. The Labute approximate surface area is 207 Å². The van der Waals surface area contributed by atoms with Crippen LogP contribution in [0.3, 0.4) is 0 Å². The first-order valence-corrected chi connectivity index (χ1v) is 11.9. The molecule has 1 heterocycles. The fourth-order valence-corrected chi connectivity index (χ4v) is 5.00. The third-order valence-corrected chi connectivity index (χ3v) is 6.79. The highest BCUT2D eigenvalue weighted by Crippen LogP contribution is 2.44. The van der Waals surface area contributed by atoms with Crippen molar-refractivity contribution >= 4 is 5.91 Å². The highest BCUT2D eigenvalue weighted by atomic mass is 16.5. The number of rotatable bonds is 8. The lowest BCUT2D eigenvalue weighted by molar-refractivity contribution is -0.135. The number of benzene rings is 3. The highest BCUT2D eigenvalue weighted by Gasteiger charge is 2.36. The van der Waals surface area contributed by atoms with Crippen molar-refractivity contribution in [3.63, 3.8) is 0 Å². The molecule has 3 aromatic rings. The maximum atomic E-state index is 14.1. The quantitative estimate of drug-likeness (QED) is 0.437. The molecule has 1 aliphatic heterocycles. The molecule has 0 spiro atoms. The zero-order valence-electron chi connectivity index (χ0n) is 21.0. The van der Waals surface area contributed by atoms with Crippen LogP contribution in [0.25, 0.3) is 0 Å². The topological polar surface area (TPSA) is 57.2 Å². The van der Waals surface area contributed by atoms with E-state index in [0.717, 1.165) is 35.1 Å². The van der Waals surface area contributed by atoms with E-state index >= 15 is 0 Å². The van der Waals surface area contributed by atoms with Crippen molar-refractivity contribution < 1.29 is 23.7 Å². The third-order valence-electron chi connectivity index (χ3n) is 6.79. The standard InChI is InChI=1S/C29H33NO5/c1-6-22(19-10-8-7-9-11-19)29(31)30-15-14-20-16-26(34-4)27(35-5)18-23(20)28(30)21-12-13-24(32-2)25(17-21)33-3/h7-13,16-18,22,28H,6,14-15H2,1-5H3/t22-,28-/m0/s1. The van der Waals surface area contributed by atoms with Crippen LogP contribution in [0.2, 0.25) is 0 Å². The van der Waals surface area contributed by atoms with Crippen molar-refractivity contribution in [1.82, 2.24) is 4.90 Å². The normalized spacial score (nSPS) is 15.7. The molecule has 6 nitrogen and oxygen atoms in total. The molecule has 1 aliphatic rings. The van der Waals surface area contributed by atoms with Crippen LogP contribution in [-0.2, 0) is 11.2 Å². The van der Waals surface area contributed by atoms with Crippen LogP contribution < -0.4 is 18.9 Å². The van der Waals surface area contributed by atoms with Crippen LogP contribution in [-0.4, -0.2) is 45.8 Å². The van der Waals surface area contributed by atoms with Crippen molar-refractivity contribution in [2.75, 3.05) is 35.0 Å². The summed E-state index contributed by atoms with van der Waals surface area (Å²) in [6.07, 6.45) is 1.45. The second-order valence-corrected chi connectivity index (χ2v) is 8.58. The maximum Gasteiger partial charge on any atom is 0.230 e. The first-order valence-electron chi connectivity index (χ1n) is 11.9. The van der Waals surface area contributed by atoms with Gasteiger partial charge in [0.15, 0.2) is 23.0 Å². The molecule has 0 unspecified atom stereocenters. The number of hydrogen-bond acceptors (Lipinski definition) is 5. The van der Waals surface area contributed by atoms with Crippen LogP contribution >= 0.6 is 0 Å². The summed E-state index contributed by atoms with van der Waals surface area (Å²) in [4.78, 5) is 16.1. The Kier molecular flexibility index (Phi) is 7.49. The maximum absolute atomic E-state index is 14.1. The molecule has 1 amide bonds. The summed E-state index contributed by atoms with van der Waals surface area (Å²) in [5.74, 6) is 2.49. The molecule has 0 aromatic heterocycles. The van der Waals surface area contributed by atoms with Gasteiger partial charge in [-0.15, -0.1) is 0 Å². The number of nitrogens with zero attached hydrogens (tertiary/aromatic N) is 1. The van der Waals surface area contributed by atoms with E-state index in [1.807, 2.05) is 65.6 Å². The van der Waals surface area contributed by atoms with Crippen molar-refractivity contribution in [3.05, 3.63) is 82.9 Å². The Bertz CT molecular complexity index is 1180. The van der Waals surface area contributed by atoms with Gasteiger partial charge in [0.1, 0.15) is 0 Å². The molecule has 0 radical (unpaired) electrons. The van der Waals surface area contributed by atoms with Gasteiger partial charge in [0.2, 0.25) is 5.91 Å². The average Bonchev–Trinajstić information content (AvgIpc) is 2.92. The van der Waals surface area contributed by atoms with Gasteiger partial charge in [-0.05, 0) is 59.4 Å². The summed E-state index contributed by atoms with van der Waals surface area (Å²) in [7, 11) is 6.51. The number of fused-ring (bicyclic) bond motifs is 1. The second-order valence-electron chi connectivity index (χ2n) is 8.58. The molecule has 35 heavy (non-hydrogen) atoms. The number of carbonyl (C=O) groups is 1. The van der Waals surface area contributed by atoms with Crippen molar-refractivity contribution in [2.45, 2.75) is 31.7 Å². The molecule has 0 fully saturated rings. The number of methoxy groups -OCH3 is 4. The minimum absolute atomic E-state index is 0.110. The molecular weight excluding hydrogens is 442 g/mol. The minimum Gasteiger partial charge on any atom is -0.493 e. The van der Waals surface area contributed by atoms with Crippen LogP contribution in [0.15, 0.2) is 60.7 Å². The predicted molar refractivity (Wildman–Crippen MR) is 136 cm³/mol. The monoisotopic (exact) mass is 475 g/mol. The highest BCUT2D eigenvalue weighted by molar-refractivity contribution is 5.85. The zero-order chi connectivity index (χ0) is 24.9. The second kappa shape index (κ2) is 10.7. The van der Waals surface area contributed by atoms with Crippen molar-refractivity contribution in [1.29, 1.82) is 0 Å². The summed E-state index contributed by atoms with van der Waals surface area (Å²) in [5.41, 5.74) is 4.15. The summed E-state index contributed by atoms with van der Waals surface area (Å²) in [6.45, 7) is 2.66. The van der Waals surface area contributed by atoms with Crippen LogP contribution in [0, 0.1) is 0 Å². The Morgan fingerprint density at radius 2 is 1.49 bits per heavy atom. The fraction of sp³-hybridized carbons (Fsp3) is 0.345. The van der Waals surface area contributed by atoms with E-state index in [1.165, 1.54) is 0 Å². The number of hydrogen-bond donors (Lipinski definition) is 0. The Morgan fingerprint density at radius 1 is 0.857 bits per heavy atom. The van der Waals surface area contributed by atoms with Crippen molar-refractivity contribution in [2.24, 2.45) is 0 Å². The molecule has 3 aromatic carbocycles. The van der Waals surface area contributed by atoms with E-state index in [2.05, 4.69) is 6.92 Å². The predicted octanol–water partition coefficient (Wildman–Crippen LogP) is 5.39. The van der Waals surface area contributed by atoms with E-state index in [0.29, 0.717) is 29.5 Å². The van der Waals surface area contributed by atoms with E-state index < -0.39 is 0 Å². The number of ether oxygens (including phenoxy) is 4. The minimum atomic E-state index is -0.302. The average molecular weight is 476 g/mol. The van der Waals surface area contributed by atoms with E-state index in [-0.39, 0.29) is 17.9 Å². The van der Waals surface area contributed by atoms with Crippen LogP contribution in [0.4, 0.5) is 0 Å². The van der Waals surface area contributed by atoms with E-state index in [1.54, 1.807) is 28.4 Å². The molecule has 0 N–H and O–H groups in total. The zero-order valence-corrected chi connectivity index (χ0v) is 21.0. The van der Waals surface area contributed by atoms with Crippen LogP contribution in [0.1, 0.15) is 47.6 Å². The lowest BCUT2D eigenvalue weighted by atomic mass is 9.85. The Hall–Kier alpha value is -3.67. The molecule has 6 heteroatoms. The molecule has 4 rings (SSSR count). The van der Waals surface area contributed by atoms with Crippen molar-refractivity contribution in [3.8, 4) is 23.0 Å². The Balaban J connectivity index is 1.86. The van der Waals surface area contributed by atoms with E-state index in [4.69, 9.17) is 18.9 Å². The first-order chi connectivity index (χ1) is 17.1. The molecule has 184 valence electrons. The summed E-state index contributed by atoms with van der Waals surface area (Å²) >= 11 is 0. The van der Waals surface area contributed by atoms with Gasteiger partial charge in [0.05, 0.1) is 40.4 Å². The van der Waals surface area contributed by atoms with Gasteiger partial charge in [0, 0.05) is 6.54 Å². The molecular formula is C29H33NO5. The SMILES string of the molecule is CC[C@H](C(=O)N1CCc2cc(OC)c(OC)cc2[C@@H]1c1ccc(OC)c(OC)c1)c1ccccc1. The van der Waals surface area contributed by atoms with Gasteiger partial charge < -0.3 is 23.8 Å². The van der Waals surface area contributed by atoms with Gasteiger partial charge in [0.25, 0.3) is 0 Å². The summed E-state index contributed by atoms with van der Waals surface area (Å²) in [5, 5.41) is 0. The Morgan fingerprint density at radius 3 is 2.11 bits per heavy atom. The van der Waals surface area contributed by atoms with Crippen LogP contribution in [0.5, 0.6) is 23.0 Å². The van der Waals surface area contributed by atoms with E-state index in [9.17, 15) is 4.79 Å². The fourth-order valence-electron chi connectivity index (χ4n) is 5.00. The molecule has 2 atom stereocenters. The number of carbonyl (C=O) groups excluding carboxylic acids is 1. The molecule has 0 aliphatic carbocycles. The smallest absolute Gasteiger partial charge is 0.230 e. The molecule has 0 bridgehead atoms. The van der Waals surface area contributed by atoms with Gasteiger partial charge in [-0.3, -0.25) is 4.79 Å². The largest absolute Gasteiger partial charge is 0.493 e. The molecule has 0 saturated heterocycles. The van der Waals surface area contributed by atoms with Gasteiger partial charge in [-0.2, -0.15) is 0 Å². The first kappa shape index (κ1) is 24.5. The summed E-state index contributed by atoms with van der Waals surface area (Å²) < 4.78 is 22.2.